The number of nitrogens with two attached hydrogens (primary N) is 1. The lowest BCUT2D eigenvalue weighted by Gasteiger charge is -2.32. The number of benzene rings is 2. The van der Waals surface area contributed by atoms with Gasteiger partial charge in [0.25, 0.3) is 5.69 Å². The zero-order chi connectivity index (χ0) is 24.1. The third kappa shape index (κ3) is 5.68. The monoisotopic (exact) mass is 479 g/mol. The molecule has 0 aliphatic carbocycles. The molecular weight excluding hydrogens is 454 g/mol. The second kappa shape index (κ2) is 10.6. The van der Waals surface area contributed by atoms with Crippen LogP contribution in [0.15, 0.2) is 64.5 Å². The molecule has 1 aliphatic heterocycles. The molecule has 2 heterocycles. The van der Waals surface area contributed by atoms with Gasteiger partial charge in [-0.15, -0.1) is 0 Å². The predicted octanol–water partition coefficient (Wildman–Crippen LogP) is 2.85. The Morgan fingerprint density at radius 2 is 1.94 bits per heavy atom. The van der Waals surface area contributed by atoms with E-state index in [9.17, 15) is 14.9 Å². The zero-order valence-electron chi connectivity index (χ0n) is 18.7. The molecule has 0 saturated carbocycles. The van der Waals surface area contributed by atoms with Gasteiger partial charge >= 0.3 is 0 Å². The third-order valence-electron chi connectivity index (χ3n) is 5.39. The minimum atomic E-state index is -0.414. The number of non-ortho nitro benzene ring substituents is 1. The van der Waals surface area contributed by atoms with E-state index in [1.807, 2.05) is 24.3 Å². The van der Waals surface area contributed by atoms with Crippen molar-refractivity contribution in [1.82, 2.24) is 14.9 Å². The van der Waals surface area contributed by atoms with E-state index < -0.39 is 4.92 Å². The number of piperazine rings is 1. The predicted molar refractivity (Wildman–Crippen MR) is 132 cm³/mol. The van der Waals surface area contributed by atoms with Crippen molar-refractivity contribution in [3.63, 3.8) is 0 Å². The van der Waals surface area contributed by atoms with Crippen molar-refractivity contribution >= 4 is 35.0 Å². The van der Waals surface area contributed by atoms with Crippen LogP contribution in [-0.2, 0) is 4.79 Å². The molecule has 4 rings (SSSR count). The molecule has 1 aliphatic rings. The van der Waals surface area contributed by atoms with Crippen LogP contribution in [0.2, 0.25) is 0 Å². The fourth-order valence-corrected chi connectivity index (χ4v) is 4.50. The summed E-state index contributed by atoms with van der Waals surface area (Å²) in [6, 6.07) is 13.8. The number of nitrogens with zero attached hydrogens (tertiary/aromatic N) is 5. The first kappa shape index (κ1) is 23.6. The summed E-state index contributed by atoms with van der Waals surface area (Å²) in [6.07, 6.45) is 1.75. The number of hydrogen-bond donors (Lipinski definition) is 2. The van der Waals surface area contributed by atoms with E-state index >= 15 is 0 Å². The molecule has 11 heteroatoms. The number of rotatable bonds is 7. The highest BCUT2D eigenvalue weighted by molar-refractivity contribution is 7.99. The SMILES string of the molecule is CN1CCN(c2ncc(Sc3cccc(NC(=O)CN)c3)c(-c3cccc([N+](=O)[O-])c3)n2)CC1. The molecule has 3 N–H and O–H groups in total. The number of carbonyl (C=O) groups excluding carboxylic acids is 1. The lowest BCUT2D eigenvalue weighted by atomic mass is 10.1. The van der Waals surface area contributed by atoms with Crippen LogP contribution in [0.25, 0.3) is 11.3 Å². The quantitative estimate of drug-likeness (QED) is 0.388. The van der Waals surface area contributed by atoms with E-state index in [-0.39, 0.29) is 18.1 Å². The molecule has 34 heavy (non-hydrogen) atoms. The molecule has 0 bridgehead atoms. The van der Waals surface area contributed by atoms with Gasteiger partial charge in [-0.05, 0) is 25.2 Å². The fraction of sp³-hybridized carbons (Fsp3) is 0.261. The number of nitro benzene ring substituents is 1. The maximum Gasteiger partial charge on any atom is 0.270 e. The molecular formula is C23H25N7O3S. The zero-order valence-corrected chi connectivity index (χ0v) is 19.5. The summed E-state index contributed by atoms with van der Waals surface area (Å²) < 4.78 is 0. The molecule has 0 spiro atoms. The molecule has 10 nitrogen and oxygen atoms in total. The van der Waals surface area contributed by atoms with Crippen LogP contribution in [0.3, 0.4) is 0 Å². The lowest BCUT2D eigenvalue weighted by Crippen LogP contribution is -2.45. The van der Waals surface area contributed by atoms with Crippen LogP contribution in [0, 0.1) is 10.1 Å². The molecule has 0 atom stereocenters. The van der Waals surface area contributed by atoms with Crippen LogP contribution in [0.4, 0.5) is 17.3 Å². The number of nitrogens with one attached hydrogen (secondary N) is 1. The van der Waals surface area contributed by atoms with Crippen LogP contribution < -0.4 is 16.0 Å². The fourth-order valence-electron chi connectivity index (χ4n) is 3.54. The molecule has 176 valence electrons. The number of hydrogen-bond acceptors (Lipinski definition) is 9. The van der Waals surface area contributed by atoms with Crippen molar-refractivity contribution in [3.8, 4) is 11.3 Å². The normalized spacial score (nSPS) is 14.1. The minimum Gasteiger partial charge on any atom is -0.338 e. The van der Waals surface area contributed by atoms with E-state index in [2.05, 4.69) is 27.1 Å². The van der Waals surface area contributed by atoms with Gasteiger partial charge in [0.1, 0.15) is 0 Å². The number of likely N-dealkylation sites (N-methyl/N-ethyl adjacent to an activating group) is 1. The molecule has 0 radical (unpaired) electrons. The topological polar surface area (TPSA) is 131 Å². The molecule has 3 aromatic rings. The first-order chi connectivity index (χ1) is 16.4. The molecule has 1 fully saturated rings. The maximum absolute atomic E-state index is 11.7. The Hall–Kier alpha value is -3.54. The summed E-state index contributed by atoms with van der Waals surface area (Å²) in [5.41, 5.74) is 7.29. The maximum atomic E-state index is 11.7. The Kier molecular flexibility index (Phi) is 7.36. The highest BCUT2D eigenvalue weighted by Gasteiger charge is 2.20. The van der Waals surface area contributed by atoms with Gasteiger partial charge < -0.3 is 20.9 Å². The molecule has 0 unspecified atom stereocenters. The van der Waals surface area contributed by atoms with Gasteiger partial charge in [0.05, 0.1) is 22.1 Å². The summed E-state index contributed by atoms with van der Waals surface area (Å²) in [4.78, 5) is 38.0. The van der Waals surface area contributed by atoms with Crippen LogP contribution >= 0.6 is 11.8 Å². The van der Waals surface area contributed by atoms with Gasteiger partial charge in [0.2, 0.25) is 11.9 Å². The Labute approximate surface area is 201 Å². The largest absolute Gasteiger partial charge is 0.338 e. The first-order valence-corrected chi connectivity index (χ1v) is 11.6. The van der Waals surface area contributed by atoms with Gasteiger partial charge in [0.15, 0.2) is 0 Å². The van der Waals surface area contributed by atoms with Crippen molar-refractivity contribution in [2.24, 2.45) is 5.73 Å². The van der Waals surface area contributed by atoms with Gasteiger partial charge in [-0.1, -0.05) is 30.0 Å². The summed E-state index contributed by atoms with van der Waals surface area (Å²) in [7, 11) is 2.08. The summed E-state index contributed by atoms with van der Waals surface area (Å²) in [5, 5.41) is 14.1. The van der Waals surface area contributed by atoms with Crippen molar-refractivity contribution in [2.75, 3.05) is 50.0 Å². The summed E-state index contributed by atoms with van der Waals surface area (Å²) in [5.74, 6) is 0.321. The second-order valence-corrected chi connectivity index (χ2v) is 8.98. The smallest absolute Gasteiger partial charge is 0.270 e. The molecule has 1 aromatic heterocycles. The Balaban J connectivity index is 1.70. The second-order valence-electron chi connectivity index (χ2n) is 7.86. The number of aromatic nitrogens is 2. The highest BCUT2D eigenvalue weighted by Crippen LogP contribution is 2.37. The third-order valence-corrected chi connectivity index (χ3v) is 6.40. The van der Waals surface area contributed by atoms with E-state index in [1.165, 1.54) is 23.9 Å². The van der Waals surface area contributed by atoms with Gasteiger partial charge in [-0.2, -0.15) is 0 Å². The lowest BCUT2D eigenvalue weighted by molar-refractivity contribution is -0.384. The number of amides is 1. The van der Waals surface area contributed by atoms with Gasteiger partial charge in [0, 0.05) is 60.7 Å². The van der Waals surface area contributed by atoms with Crippen molar-refractivity contribution in [2.45, 2.75) is 9.79 Å². The number of anilines is 2. The number of nitro groups is 1. The highest BCUT2D eigenvalue weighted by atomic mass is 32.2. The summed E-state index contributed by atoms with van der Waals surface area (Å²) >= 11 is 1.42. The van der Waals surface area contributed by atoms with E-state index in [0.29, 0.717) is 22.9 Å². The van der Waals surface area contributed by atoms with Crippen molar-refractivity contribution in [1.29, 1.82) is 0 Å². The van der Waals surface area contributed by atoms with Crippen LogP contribution in [-0.4, -0.2) is 65.5 Å². The average Bonchev–Trinajstić information content (AvgIpc) is 2.85. The Bertz CT molecular complexity index is 1200. The Morgan fingerprint density at radius 1 is 1.18 bits per heavy atom. The Morgan fingerprint density at radius 3 is 2.68 bits per heavy atom. The van der Waals surface area contributed by atoms with Crippen molar-refractivity contribution in [3.05, 3.63) is 64.8 Å². The van der Waals surface area contributed by atoms with Crippen LogP contribution in [0.1, 0.15) is 0 Å². The van der Waals surface area contributed by atoms with E-state index in [0.717, 1.165) is 36.0 Å². The minimum absolute atomic E-state index is 0.000274. The van der Waals surface area contributed by atoms with Gasteiger partial charge in [-0.25, -0.2) is 9.97 Å². The molecule has 2 aromatic carbocycles. The van der Waals surface area contributed by atoms with E-state index in [4.69, 9.17) is 10.7 Å². The first-order valence-electron chi connectivity index (χ1n) is 10.8. The molecule has 1 saturated heterocycles. The molecule has 1 amide bonds. The van der Waals surface area contributed by atoms with Gasteiger partial charge in [-0.3, -0.25) is 14.9 Å². The standard InChI is InChI=1S/C23H25N7O3S/c1-28-8-10-29(11-9-28)23-25-15-20(22(27-23)16-4-2-6-18(12-16)30(32)33)34-19-7-3-5-17(13-19)26-21(31)14-24/h2-7,12-13,15H,8-11,14,24H2,1H3,(H,26,31). The van der Waals surface area contributed by atoms with E-state index in [1.54, 1.807) is 18.3 Å². The average molecular weight is 480 g/mol. The summed E-state index contributed by atoms with van der Waals surface area (Å²) in [6.45, 7) is 3.33. The number of carbonyl (C=O) groups is 1. The van der Waals surface area contributed by atoms with Crippen molar-refractivity contribution < 1.29 is 9.72 Å². The van der Waals surface area contributed by atoms with Crippen LogP contribution in [0.5, 0.6) is 0 Å².